The molecule has 1 N–H and O–H groups in total. The fraction of sp³-hybridized carbons (Fsp3) is 0.333. The molecule has 1 heterocycles. The molecule has 1 aliphatic heterocycles. The lowest BCUT2D eigenvalue weighted by Gasteiger charge is -2.15. The maximum Gasteiger partial charge on any atom is 0.0167 e. The summed E-state index contributed by atoms with van der Waals surface area (Å²) >= 11 is 0. The van der Waals surface area contributed by atoms with Crippen LogP contribution in [0.2, 0.25) is 0 Å². The third kappa shape index (κ3) is 2.43. The number of piperidine rings is 1. The van der Waals surface area contributed by atoms with Crippen LogP contribution in [0, 0.1) is 0 Å². The highest BCUT2D eigenvalue weighted by atomic mass is 14.9. The van der Waals surface area contributed by atoms with E-state index < -0.39 is 0 Å². The van der Waals surface area contributed by atoms with Gasteiger partial charge < -0.3 is 5.32 Å². The number of hydrogen-bond acceptors (Lipinski definition) is 1. The maximum absolute atomic E-state index is 3.39. The monoisotopic (exact) mass is 173 g/mol. The minimum absolute atomic E-state index is 1.06. The molecule has 0 unspecified atom stereocenters. The first-order chi connectivity index (χ1) is 6.45. The van der Waals surface area contributed by atoms with Crippen molar-refractivity contribution in [3.63, 3.8) is 0 Å². The van der Waals surface area contributed by atoms with Crippen LogP contribution in [0.5, 0.6) is 0 Å². The van der Waals surface area contributed by atoms with Crippen molar-refractivity contribution in [2.45, 2.75) is 12.8 Å². The summed E-state index contributed by atoms with van der Waals surface area (Å²) in [4.78, 5) is 0. The summed E-state index contributed by atoms with van der Waals surface area (Å²) in [5.41, 5.74) is 2.85. The van der Waals surface area contributed by atoms with Crippen LogP contribution >= 0.6 is 0 Å². The molecule has 0 amide bonds. The lowest BCUT2D eigenvalue weighted by atomic mass is 10.0. The Labute approximate surface area is 79.5 Å². The fourth-order valence-corrected chi connectivity index (χ4v) is 1.69. The molecule has 1 heteroatoms. The largest absolute Gasteiger partial charge is 0.313 e. The Balaban J connectivity index is 2.10. The second-order valence-corrected chi connectivity index (χ2v) is 3.49. The van der Waals surface area contributed by atoms with Crippen molar-refractivity contribution in [2.75, 3.05) is 13.1 Å². The average Bonchev–Trinajstić information content (AvgIpc) is 2.21. The van der Waals surface area contributed by atoms with E-state index in [2.05, 4.69) is 41.7 Å². The zero-order valence-corrected chi connectivity index (χ0v) is 7.79. The Bertz CT molecular complexity index is 279. The molecular weight excluding hydrogens is 158 g/mol. The standard InChI is InChI=1S/C12H15N/c1-2-5-11(6-3-1)9-12-7-4-8-13-10-12/h1-3,5-6,9,13H,4,7-8,10H2/b12-9+. The van der Waals surface area contributed by atoms with Gasteiger partial charge in [0.05, 0.1) is 0 Å². The van der Waals surface area contributed by atoms with Crippen LogP contribution < -0.4 is 5.32 Å². The molecule has 13 heavy (non-hydrogen) atoms. The second kappa shape index (κ2) is 4.24. The smallest absolute Gasteiger partial charge is 0.0167 e. The highest BCUT2D eigenvalue weighted by molar-refractivity contribution is 5.53. The Kier molecular flexibility index (Phi) is 2.78. The third-order valence-corrected chi connectivity index (χ3v) is 2.37. The molecule has 68 valence electrons. The molecule has 2 rings (SSSR count). The van der Waals surface area contributed by atoms with E-state index in [-0.39, 0.29) is 0 Å². The number of benzene rings is 1. The molecule has 0 atom stereocenters. The first-order valence-corrected chi connectivity index (χ1v) is 4.90. The van der Waals surface area contributed by atoms with Crippen molar-refractivity contribution >= 4 is 6.08 Å². The summed E-state index contributed by atoms with van der Waals surface area (Å²) in [5.74, 6) is 0. The lowest BCUT2D eigenvalue weighted by Crippen LogP contribution is -2.23. The minimum atomic E-state index is 1.06. The molecule has 0 spiro atoms. The zero-order chi connectivity index (χ0) is 8.93. The van der Waals surface area contributed by atoms with Crippen molar-refractivity contribution in [1.29, 1.82) is 0 Å². The van der Waals surface area contributed by atoms with Crippen molar-refractivity contribution < 1.29 is 0 Å². The fourth-order valence-electron chi connectivity index (χ4n) is 1.69. The second-order valence-electron chi connectivity index (χ2n) is 3.49. The van der Waals surface area contributed by atoms with Crippen LogP contribution in [0.25, 0.3) is 6.08 Å². The molecule has 0 saturated carbocycles. The Morgan fingerprint density at radius 3 is 2.69 bits per heavy atom. The van der Waals surface area contributed by atoms with E-state index in [1.807, 2.05) is 0 Å². The number of rotatable bonds is 1. The summed E-state index contributed by atoms with van der Waals surface area (Å²) in [5, 5.41) is 3.39. The van der Waals surface area contributed by atoms with Crippen molar-refractivity contribution in [3.8, 4) is 0 Å². The van der Waals surface area contributed by atoms with Crippen LogP contribution in [-0.4, -0.2) is 13.1 Å². The van der Waals surface area contributed by atoms with E-state index in [1.54, 1.807) is 0 Å². The highest BCUT2D eigenvalue weighted by Gasteiger charge is 2.03. The molecule has 1 nitrogen and oxygen atoms in total. The van der Waals surface area contributed by atoms with Gasteiger partial charge in [0.1, 0.15) is 0 Å². The summed E-state index contributed by atoms with van der Waals surface area (Å²) in [6.07, 6.45) is 4.83. The SMILES string of the molecule is C(=C1/CCCNC1)/c1ccccc1. The van der Waals surface area contributed by atoms with Crippen molar-refractivity contribution in [1.82, 2.24) is 5.32 Å². The van der Waals surface area contributed by atoms with Gasteiger partial charge in [-0.2, -0.15) is 0 Å². The van der Waals surface area contributed by atoms with Crippen LogP contribution in [0.4, 0.5) is 0 Å². The molecule has 1 saturated heterocycles. The van der Waals surface area contributed by atoms with E-state index >= 15 is 0 Å². The van der Waals surface area contributed by atoms with Gasteiger partial charge >= 0.3 is 0 Å². The molecule has 1 aromatic carbocycles. The first kappa shape index (κ1) is 8.52. The van der Waals surface area contributed by atoms with E-state index in [9.17, 15) is 0 Å². The molecule has 0 aromatic heterocycles. The number of nitrogens with one attached hydrogen (secondary N) is 1. The topological polar surface area (TPSA) is 12.0 Å². The Hall–Kier alpha value is -1.08. The molecule has 1 aromatic rings. The Morgan fingerprint density at radius 1 is 1.15 bits per heavy atom. The number of hydrogen-bond donors (Lipinski definition) is 1. The van der Waals surface area contributed by atoms with Gasteiger partial charge in [0, 0.05) is 6.54 Å². The predicted molar refractivity (Wildman–Crippen MR) is 56.5 cm³/mol. The molecule has 1 fully saturated rings. The summed E-state index contributed by atoms with van der Waals surface area (Å²) in [6.45, 7) is 2.24. The van der Waals surface area contributed by atoms with Gasteiger partial charge in [0.2, 0.25) is 0 Å². The maximum atomic E-state index is 3.39. The minimum Gasteiger partial charge on any atom is -0.313 e. The molecule has 0 aliphatic carbocycles. The molecule has 1 aliphatic rings. The van der Waals surface area contributed by atoms with Gasteiger partial charge in [-0.15, -0.1) is 0 Å². The van der Waals surface area contributed by atoms with Gasteiger partial charge in [-0.3, -0.25) is 0 Å². The predicted octanol–water partition coefficient (Wildman–Crippen LogP) is 2.45. The summed E-state index contributed by atoms with van der Waals surface area (Å²) in [6, 6.07) is 10.5. The van der Waals surface area contributed by atoms with Gasteiger partial charge in [-0.05, 0) is 24.9 Å². The van der Waals surface area contributed by atoms with E-state index in [0.29, 0.717) is 0 Å². The van der Waals surface area contributed by atoms with Crippen molar-refractivity contribution in [3.05, 3.63) is 41.5 Å². The van der Waals surface area contributed by atoms with Crippen molar-refractivity contribution in [2.24, 2.45) is 0 Å². The molecule has 0 radical (unpaired) electrons. The van der Waals surface area contributed by atoms with E-state index in [1.165, 1.54) is 30.5 Å². The van der Waals surface area contributed by atoms with Gasteiger partial charge in [-0.1, -0.05) is 42.0 Å². The van der Waals surface area contributed by atoms with Crippen LogP contribution in [0.1, 0.15) is 18.4 Å². The van der Waals surface area contributed by atoms with Gasteiger partial charge in [-0.25, -0.2) is 0 Å². The Morgan fingerprint density at radius 2 is 2.00 bits per heavy atom. The lowest BCUT2D eigenvalue weighted by molar-refractivity contribution is 0.613. The van der Waals surface area contributed by atoms with E-state index in [0.717, 1.165) is 6.54 Å². The molecular formula is C12H15N. The average molecular weight is 173 g/mol. The molecule has 0 bridgehead atoms. The van der Waals surface area contributed by atoms with E-state index in [4.69, 9.17) is 0 Å². The quantitative estimate of drug-likeness (QED) is 0.688. The summed E-state index contributed by atoms with van der Waals surface area (Å²) in [7, 11) is 0. The highest BCUT2D eigenvalue weighted by Crippen LogP contribution is 2.13. The summed E-state index contributed by atoms with van der Waals surface area (Å²) < 4.78 is 0. The van der Waals surface area contributed by atoms with Gasteiger partial charge in [0.15, 0.2) is 0 Å². The zero-order valence-electron chi connectivity index (χ0n) is 7.79. The first-order valence-electron chi connectivity index (χ1n) is 4.90. The van der Waals surface area contributed by atoms with Gasteiger partial charge in [0.25, 0.3) is 0 Å². The van der Waals surface area contributed by atoms with Crippen LogP contribution in [0.15, 0.2) is 35.9 Å². The van der Waals surface area contributed by atoms with Crippen LogP contribution in [-0.2, 0) is 0 Å². The third-order valence-electron chi connectivity index (χ3n) is 2.37. The normalized spacial score (nSPS) is 20.5. The van der Waals surface area contributed by atoms with Crippen LogP contribution in [0.3, 0.4) is 0 Å².